The van der Waals surface area contributed by atoms with Crippen LogP contribution in [0.2, 0.25) is 0 Å². The molecule has 1 unspecified atom stereocenters. The van der Waals surface area contributed by atoms with Gasteiger partial charge in [0.25, 0.3) is 0 Å². The number of hydrogen-bond acceptors (Lipinski definition) is 3. The van der Waals surface area contributed by atoms with E-state index in [0.717, 1.165) is 12.2 Å². The van der Waals surface area contributed by atoms with Crippen molar-refractivity contribution in [2.45, 2.75) is 19.4 Å². The van der Waals surface area contributed by atoms with Crippen LogP contribution in [-0.4, -0.2) is 19.1 Å². The van der Waals surface area contributed by atoms with Gasteiger partial charge in [0.15, 0.2) is 0 Å². The number of rotatable bonds is 5. The Morgan fingerprint density at radius 3 is 2.53 bits per heavy atom. The van der Waals surface area contributed by atoms with E-state index in [1.165, 1.54) is 16.7 Å². The summed E-state index contributed by atoms with van der Waals surface area (Å²) in [5.41, 5.74) is 3.83. The lowest BCUT2D eigenvalue weighted by Crippen LogP contribution is -2.19. The fraction of sp³-hybridized carbons (Fsp3) is 0.312. The zero-order valence-electron chi connectivity index (χ0n) is 11.7. The highest BCUT2D eigenvalue weighted by Crippen LogP contribution is 2.24. The largest absolute Gasteiger partial charge is 0.497 e. The van der Waals surface area contributed by atoms with Crippen molar-refractivity contribution < 1.29 is 4.74 Å². The van der Waals surface area contributed by atoms with Gasteiger partial charge in [0.05, 0.1) is 7.11 Å². The number of benzene rings is 1. The molecule has 1 aromatic carbocycles. The van der Waals surface area contributed by atoms with E-state index in [0.29, 0.717) is 6.04 Å². The van der Waals surface area contributed by atoms with E-state index in [-0.39, 0.29) is 0 Å². The molecule has 1 N–H and O–H groups in total. The quantitative estimate of drug-likeness (QED) is 0.893. The third-order valence-electron chi connectivity index (χ3n) is 3.39. The molecule has 0 aliphatic carbocycles. The highest BCUT2D eigenvalue weighted by atomic mass is 16.5. The summed E-state index contributed by atoms with van der Waals surface area (Å²) >= 11 is 0. The minimum atomic E-state index is 0.299. The Kier molecular flexibility index (Phi) is 4.53. The summed E-state index contributed by atoms with van der Waals surface area (Å²) in [6.45, 7) is 2.12. The molecule has 1 heterocycles. The van der Waals surface area contributed by atoms with Crippen molar-refractivity contribution in [1.29, 1.82) is 0 Å². The number of aromatic nitrogens is 1. The summed E-state index contributed by atoms with van der Waals surface area (Å²) in [5, 5.41) is 3.38. The van der Waals surface area contributed by atoms with Crippen molar-refractivity contribution in [3.05, 3.63) is 59.4 Å². The van der Waals surface area contributed by atoms with E-state index in [4.69, 9.17) is 4.74 Å². The van der Waals surface area contributed by atoms with Crippen LogP contribution in [0.25, 0.3) is 0 Å². The minimum absolute atomic E-state index is 0.299. The van der Waals surface area contributed by atoms with Gasteiger partial charge >= 0.3 is 0 Å². The maximum absolute atomic E-state index is 5.25. The number of likely N-dealkylation sites (N-methyl/N-ethyl adjacent to an activating group) is 1. The Hall–Kier alpha value is -1.87. The first-order chi connectivity index (χ1) is 9.24. The smallest absolute Gasteiger partial charge is 0.119 e. The summed E-state index contributed by atoms with van der Waals surface area (Å²) in [5.74, 6) is 0.903. The van der Waals surface area contributed by atoms with Crippen molar-refractivity contribution in [3.8, 4) is 5.75 Å². The number of pyridine rings is 1. The molecular weight excluding hydrogens is 236 g/mol. The molecular formula is C16H20N2O. The van der Waals surface area contributed by atoms with Crippen LogP contribution >= 0.6 is 0 Å². The molecule has 2 rings (SSSR count). The lowest BCUT2D eigenvalue weighted by molar-refractivity contribution is 0.414. The summed E-state index contributed by atoms with van der Waals surface area (Å²) in [6, 6.07) is 10.6. The van der Waals surface area contributed by atoms with Crippen LogP contribution in [-0.2, 0) is 6.42 Å². The third kappa shape index (κ3) is 3.32. The van der Waals surface area contributed by atoms with Gasteiger partial charge in [-0.15, -0.1) is 0 Å². The Bertz CT molecular complexity index is 526. The van der Waals surface area contributed by atoms with Crippen LogP contribution in [0.5, 0.6) is 5.75 Å². The van der Waals surface area contributed by atoms with Crippen molar-refractivity contribution in [1.82, 2.24) is 10.3 Å². The monoisotopic (exact) mass is 256 g/mol. The first-order valence-electron chi connectivity index (χ1n) is 6.45. The summed E-state index contributed by atoms with van der Waals surface area (Å²) < 4.78 is 5.25. The van der Waals surface area contributed by atoms with E-state index in [2.05, 4.69) is 41.5 Å². The molecule has 0 saturated heterocycles. The van der Waals surface area contributed by atoms with Crippen LogP contribution < -0.4 is 10.1 Å². The second kappa shape index (κ2) is 6.34. The van der Waals surface area contributed by atoms with Crippen LogP contribution in [0, 0.1) is 6.92 Å². The van der Waals surface area contributed by atoms with E-state index in [1.54, 1.807) is 7.11 Å². The number of nitrogens with zero attached hydrogens (tertiary/aromatic N) is 1. The lowest BCUT2D eigenvalue weighted by atomic mass is 9.96. The van der Waals surface area contributed by atoms with Crippen LogP contribution in [0.4, 0.5) is 0 Å². The highest BCUT2D eigenvalue weighted by molar-refractivity contribution is 5.37. The van der Waals surface area contributed by atoms with Gasteiger partial charge in [-0.1, -0.05) is 6.07 Å². The lowest BCUT2D eigenvalue weighted by Gasteiger charge is -2.19. The van der Waals surface area contributed by atoms with E-state index < -0.39 is 0 Å². The van der Waals surface area contributed by atoms with Crippen LogP contribution in [0.15, 0.2) is 42.7 Å². The predicted molar refractivity (Wildman–Crippen MR) is 77.5 cm³/mol. The molecule has 1 atom stereocenters. The minimum Gasteiger partial charge on any atom is -0.497 e. The van der Waals surface area contributed by atoms with Gasteiger partial charge in [0, 0.05) is 18.4 Å². The predicted octanol–water partition coefficient (Wildman–Crippen LogP) is 2.90. The maximum atomic E-state index is 5.25. The van der Waals surface area contributed by atoms with E-state index >= 15 is 0 Å². The zero-order valence-corrected chi connectivity index (χ0v) is 11.7. The molecule has 3 heteroatoms. The third-order valence-corrected chi connectivity index (χ3v) is 3.39. The van der Waals surface area contributed by atoms with Crippen molar-refractivity contribution >= 4 is 0 Å². The number of methoxy groups -OCH3 is 1. The average molecular weight is 256 g/mol. The fourth-order valence-electron chi connectivity index (χ4n) is 2.29. The molecule has 19 heavy (non-hydrogen) atoms. The average Bonchev–Trinajstić information content (AvgIpc) is 2.46. The summed E-state index contributed by atoms with van der Waals surface area (Å²) in [6.07, 6.45) is 4.62. The normalized spacial score (nSPS) is 12.2. The SMILES string of the molecule is CNC(Cc1ccncc1)c1ccc(OC)cc1C. The Balaban J connectivity index is 2.22. The molecule has 0 radical (unpaired) electrons. The van der Waals surface area contributed by atoms with Gasteiger partial charge in [-0.25, -0.2) is 0 Å². The van der Waals surface area contributed by atoms with E-state index in [1.807, 2.05) is 25.5 Å². The van der Waals surface area contributed by atoms with Gasteiger partial charge in [0.2, 0.25) is 0 Å². The molecule has 0 spiro atoms. The Morgan fingerprint density at radius 2 is 1.95 bits per heavy atom. The van der Waals surface area contributed by atoms with Crippen molar-refractivity contribution in [2.24, 2.45) is 0 Å². The summed E-state index contributed by atoms with van der Waals surface area (Å²) in [4.78, 5) is 4.05. The first-order valence-corrected chi connectivity index (χ1v) is 6.45. The zero-order chi connectivity index (χ0) is 13.7. The molecule has 0 saturated carbocycles. The van der Waals surface area contributed by atoms with Gasteiger partial charge in [0.1, 0.15) is 5.75 Å². The number of aryl methyl sites for hydroxylation is 1. The topological polar surface area (TPSA) is 34.2 Å². The molecule has 0 aliphatic heterocycles. The molecule has 1 aromatic heterocycles. The first kappa shape index (κ1) is 13.6. The standard InChI is InChI=1S/C16H20N2O/c1-12-10-14(19-3)4-5-15(12)16(17-2)11-13-6-8-18-9-7-13/h4-10,16-17H,11H2,1-3H3. The molecule has 2 aromatic rings. The van der Waals surface area contributed by atoms with Gasteiger partial charge in [-0.2, -0.15) is 0 Å². The molecule has 0 amide bonds. The van der Waals surface area contributed by atoms with Crippen LogP contribution in [0.1, 0.15) is 22.7 Å². The van der Waals surface area contributed by atoms with Crippen molar-refractivity contribution in [2.75, 3.05) is 14.2 Å². The Labute approximate surface area is 114 Å². The summed E-state index contributed by atoms with van der Waals surface area (Å²) in [7, 11) is 3.69. The molecule has 0 fully saturated rings. The maximum Gasteiger partial charge on any atom is 0.119 e. The molecule has 0 aliphatic rings. The number of hydrogen-bond donors (Lipinski definition) is 1. The molecule has 100 valence electrons. The van der Waals surface area contributed by atoms with Gasteiger partial charge in [-0.3, -0.25) is 4.98 Å². The van der Waals surface area contributed by atoms with E-state index in [9.17, 15) is 0 Å². The number of ether oxygens (including phenoxy) is 1. The van der Waals surface area contributed by atoms with Crippen molar-refractivity contribution in [3.63, 3.8) is 0 Å². The van der Waals surface area contributed by atoms with Gasteiger partial charge < -0.3 is 10.1 Å². The second-order valence-electron chi connectivity index (χ2n) is 4.62. The Morgan fingerprint density at radius 1 is 1.21 bits per heavy atom. The second-order valence-corrected chi connectivity index (χ2v) is 4.62. The molecule has 3 nitrogen and oxygen atoms in total. The van der Waals surface area contributed by atoms with Crippen LogP contribution in [0.3, 0.4) is 0 Å². The highest BCUT2D eigenvalue weighted by Gasteiger charge is 2.13. The van der Waals surface area contributed by atoms with Gasteiger partial charge in [-0.05, 0) is 61.3 Å². The number of nitrogens with one attached hydrogen (secondary N) is 1. The molecule has 0 bridgehead atoms. The fourth-order valence-corrected chi connectivity index (χ4v) is 2.29.